The zero-order valence-electron chi connectivity index (χ0n) is 10.0. The molecule has 3 N–H and O–H groups in total. The molecule has 0 radical (unpaired) electrons. The molecule has 0 aromatic rings. The van der Waals surface area contributed by atoms with Crippen LogP contribution in [0.1, 0.15) is 58.3 Å². The summed E-state index contributed by atoms with van der Waals surface area (Å²) in [5, 5.41) is 21.2. The first-order valence-corrected chi connectivity index (χ1v) is 6.33. The average Bonchev–Trinajstić information content (AvgIpc) is 2.24. The van der Waals surface area contributed by atoms with Crippen LogP contribution in [0.3, 0.4) is 0 Å². The maximum Gasteiger partial charge on any atom is 0.104 e. The first-order chi connectivity index (χ1) is 7.31. The molecular weight excluding hydrogens is 190 g/mol. The van der Waals surface area contributed by atoms with E-state index in [9.17, 15) is 5.11 Å². The van der Waals surface area contributed by atoms with Crippen LogP contribution in [0.25, 0.3) is 0 Å². The highest BCUT2D eigenvalue weighted by Gasteiger charge is 2.01. The first kappa shape index (κ1) is 14.9. The van der Waals surface area contributed by atoms with Crippen LogP contribution >= 0.6 is 0 Å². The molecular formula is C12H27NO2. The minimum Gasteiger partial charge on any atom is -0.396 e. The molecule has 15 heavy (non-hydrogen) atoms. The lowest BCUT2D eigenvalue weighted by Crippen LogP contribution is -2.29. The molecule has 0 bridgehead atoms. The predicted octanol–water partition coefficient (Wildman–Crippen LogP) is 2.03. The fraction of sp³-hybridized carbons (Fsp3) is 1.00. The van der Waals surface area contributed by atoms with Gasteiger partial charge < -0.3 is 10.2 Å². The maximum absolute atomic E-state index is 9.54. The second kappa shape index (κ2) is 12.0. The van der Waals surface area contributed by atoms with Crippen LogP contribution in [0.2, 0.25) is 0 Å². The van der Waals surface area contributed by atoms with Crippen molar-refractivity contribution in [2.45, 2.75) is 64.5 Å². The van der Waals surface area contributed by atoms with Gasteiger partial charge in [0.2, 0.25) is 0 Å². The third-order valence-electron chi connectivity index (χ3n) is 2.55. The number of rotatable bonds is 11. The van der Waals surface area contributed by atoms with Crippen molar-refractivity contribution < 1.29 is 10.2 Å². The molecule has 0 aromatic carbocycles. The second-order valence-corrected chi connectivity index (χ2v) is 4.10. The number of nitrogens with one attached hydrogen (secondary N) is 1. The fourth-order valence-electron chi connectivity index (χ4n) is 1.55. The average molecular weight is 217 g/mol. The van der Waals surface area contributed by atoms with E-state index < -0.39 is 0 Å². The molecule has 92 valence electrons. The Morgan fingerprint density at radius 1 is 1.00 bits per heavy atom. The van der Waals surface area contributed by atoms with E-state index in [1.54, 1.807) is 0 Å². The Morgan fingerprint density at radius 2 is 1.73 bits per heavy atom. The SMILES string of the molecule is CCCCCCC(O)NCCCCCO. The van der Waals surface area contributed by atoms with Gasteiger partial charge in [0, 0.05) is 6.61 Å². The number of hydrogen-bond donors (Lipinski definition) is 3. The number of unbranched alkanes of at least 4 members (excludes halogenated alkanes) is 5. The van der Waals surface area contributed by atoms with E-state index in [-0.39, 0.29) is 12.8 Å². The van der Waals surface area contributed by atoms with Gasteiger partial charge in [-0.3, -0.25) is 5.32 Å². The molecule has 1 unspecified atom stereocenters. The van der Waals surface area contributed by atoms with Crippen molar-refractivity contribution in [1.29, 1.82) is 0 Å². The smallest absolute Gasteiger partial charge is 0.104 e. The fourth-order valence-corrected chi connectivity index (χ4v) is 1.55. The van der Waals surface area contributed by atoms with Crippen molar-refractivity contribution in [3.05, 3.63) is 0 Å². The Labute approximate surface area is 93.9 Å². The summed E-state index contributed by atoms with van der Waals surface area (Å²) >= 11 is 0. The molecule has 0 aliphatic heterocycles. The Hall–Kier alpha value is -0.120. The lowest BCUT2D eigenvalue weighted by molar-refractivity contribution is 0.124. The summed E-state index contributed by atoms with van der Waals surface area (Å²) in [5.41, 5.74) is 0. The molecule has 0 spiro atoms. The minimum absolute atomic E-state index is 0.277. The summed E-state index contributed by atoms with van der Waals surface area (Å²) in [6.07, 6.45) is 8.30. The van der Waals surface area contributed by atoms with Gasteiger partial charge >= 0.3 is 0 Å². The molecule has 0 saturated carbocycles. The highest BCUT2D eigenvalue weighted by Crippen LogP contribution is 2.04. The number of aliphatic hydroxyl groups excluding tert-OH is 2. The van der Waals surface area contributed by atoms with E-state index in [1.807, 2.05) is 0 Å². The monoisotopic (exact) mass is 217 g/mol. The molecule has 0 aliphatic rings. The summed E-state index contributed by atoms with van der Waals surface area (Å²) in [6, 6.07) is 0. The highest BCUT2D eigenvalue weighted by molar-refractivity contribution is 4.55. The van der Waals surface area contributed by atoms with E-state index >= 15 is 0 Å². The summed E-state index contributed by atoms with van der Waals surface area (Å²) in [4.78, 5) is 0. The van der Waals surface area contributed by atoms with Crippen LogP contribution in [-0.4, -0.2) is 29.6 Å². The summed E-state index contributed by atoms with van der Waals surface area (Å²) in [5.74, 6) is 0. The Kier molecular flexibility index (Phi) is 11.9. The molecule has 0 heterocycles. The van der Waals surface area contributed by atoms with Gasteiger partial charge in [-0.2, -0.15) is 0 Å². The molecule has 1 atom stereocenters. The van der Waals surface area contributed by atoms with Crippen molar-refractivity contribution in [3.63, 3.8) is 0 Å². The summed E-state index contributed by atoms with van der Waals surface area (Å²) in [7, 11) is 0. The van der Waals surface area contributed by atoms with Crippen molar-refractivity contribution in [3.8, 4) is 0 Å². The zero-order chi connectivity index (χ0) is 11.4. The molecule has 3 heteroatoms. The molecule has 0 rings (SSSR count). The van der Waals surface area contributed by atoms with Gasteiger partial charge in [-0.05, 0) is 38.6 Å². The topological polar surface area (TPSA) is 52.5 Å². The third kappa shape index (κ3) is 11.8. The van der Waals surface area contributed by atoms with Gasteiger partial charge in [0.1, 0.15) is 6.23 Å². The molecule has 3 nitrogen and oxygen atoms in total. The van der Waals surface area contributed by atoms with Crippen LogP contribution in [0.4, 0.5) is 0 Å². The van der Waals surface area contributed by atoms with Gasteiger partial charge in [0.05, 0.1) is 0 Å². The molecule has 0 fully saturated rings. The van der Waals surface area contributed by atoms with Crippen LogP contribution in [0.15, 0.2) is 0 Å². The zero-order valence-corrected chi connectivity index (χ0v) is 10.0. The van der Waals surface area contributed by atoms with Crippen LogP contribution in [-0.2, 0) is 0 Å². The van der Waals surface area contributed by atoms with Crippen molar-refractivity contribution >= 4 is 0 Å². The standard InChI is InChI=1S/C12H27NO2/c1-2-3-4-6-9-12(15)13-10-7-5-8-11-14/h12-15H,2-11H2,1H3. The maximum atomic E-state index is 9.54. The normalized spacial score (nSPS) is 13.0. The van der Waals surface area contributed by atoms with Crippen molar-refractivity contribution in [2.75, 3.05) is 13.2 Å². The van der Waals surface area contributed by atoms with Gasteiger partial charge in [0.25, 0.3) is 0 Å². The van der Waals surface area contributed by atoms with E-state index in [2.05, 4.69) is 12.2 Å². The Balaban J connectivity index is 3.08. The number of hydrogen-bond acceptors (Lipinski definition) is 3. The summed E-state index contributed by atoms with van der Waals surface area (Å²) in [6.45, 7) is 3.32. The highest BCUT2D eigenvalue weighted by atomic mass is 16.3. The second-order valence-electron chi connectivity index (χ2n) is 4.10. The van der Waals surface area contributed by atoms with E-state index in [0.29, 0.717) is 0 Å². The van der Waals surface area contributed by atoms with E-state index in [0.717, 1.165) is 38.6 Å². The summed E-state index contributed by atoms with van der Waals surface area (Å²) < 4.78 is 0. The first-order valence-electron chi connectivity index (χ1n) is 6.33. The quantitative estimate of drug-likeness (QED) is 0.366. The minimum atomic E-state index is -0.337. The predicted molar refractivity (Wildman–Crippen MR) is 63.7 cm³/mol. The largest absolute Gasteiger partial charge is 0.396 e. The van der Waals surface area contributed by atoms with Gasteiger partial charge in [-0.15, -0.1) is 0 Å². The number of aliphatic hydroxyl groups is 2. The Morgan fingerprint density at radius 3 is 2.40 bits per heavy atom. The van der Waals surface area contributed by atoms with Crippen LogP contribution in [0, 0.1) is 0 Å². The molecule has 0 aromatic heterocycles. The van der Waals surface area contributed by atoms with Gasteiger partial charge in [0.15, 0.2) is 0 Å². The third-order valence-corrected chi connectivity index (χ3v) is 2.55. The van der Waals surface area contributed by atoms with Gasteiger partial charge in [-0.25, -0.2) is 0 Å². The van der Waals surface area contributed by atoms with Crippen LogP contribution < -0.4 is 5.32 Å². The lowest BCUT2D eigenvalue weighted by atomic mass is 10.1. The van der Waals surface area contributed by atoms with Gasteiger partial charge in [-0.1, -0.05) is 26.2 Å². The molecule has 0 saturated heterocycles. The Bertz CT molecular complexity index is 120. The molecule has 0 amide bonds. The van der Waals surface area contributed by atoms with E-state index in [1.165, 1.54) is 19.3 Å². The van der Waals surface area contributed by atoms with Crippen molar-refractivity contribution in [1.82, 2.24) is 5.32 Å². The van der Waals surface area contributed by atoms with E-state index in [4.69, 9.17) is 5.11 Å². The molecule has 0 aliphatic carbocycles. The van der Waals surface area contributed by atoms with Crippen LogP contribution in [0.5, 0.6) is 0 Å². The van der Waals surface area contributed by atoms with Crippen molar-refractivity contribution in [2.24, 2.45) is 0 Å². The lowest BCUT2D eigenvalue weighted by Gasteiger charge is -2.12.